The van der Waals surface area contributed by atoms with E-state index in [0.717, 1.165) is 24.3 Å². The van der Waals surface area contributed by atoms with Crippen LogP contribution in [-0.2, 0) is 6.18 Å². The fraction of sp³-hybridized carbons (Fsp3) is 0.235. The molecule has 0 aliphatic rings. The zero-order valence-corrected chi connectivity index (χ0v) is 13.1. The van der Waals surface area contributed by atoms with Gasteiger partial charge >= 0.3 is 6.18 Å². The maximum Gasteiger partial charge on any atom is 0.416 e. The Morgan fingerprint density at radius 2 is 1.85 bits per heavy atom. The summed E-state index contributed by atoms with van der Waals surface area (Å²) in [6, 6.07) is 7.12. The second-order valence-electron chi connectivity index (χ2n) is 5.29. The summed E-state index contributed by atoms with van der Waals surface area (Å²) in [4.78, 5) is 0. The number of nitrogens with one attached hydrogen (secondary N) is 1. The molecule has 0 spiro atoms. The molecule has 138 valence electrons. The summed E-state index contributed by atoms with van der Waals surface area (Å²) in [5.41, 5.74) is -1.07. The molecule has 2 N–H and O–H groups in total. The number of aliphatic hydroxyl groups is 1. The maximum absolute atomic E-state index is 13.0. The summed E-state index contributed by atoms with van der Waals surface area (Å²) in [6.45, 7) is -0.412. The van der Waals surface area contributed by atoms with Crippen molar-refractivity contribution in [3.8, 4) is 11.8 Å². The molecule has 2 aromatic rings. The number of ether oxygens (including phenoxy) is 1. The highest BCUT2D eigenvalue weighted by Crippen LogP contribution is 2.31. The van der Waals surface area contributed by atoms with Crippen LogP contribution in [0.25, 0.3) is 0 Å². The quantitative estimate of drug-likeness (QED) is 0.759. The van der Waals surface area contributed by atoms with Gasteiger partial charge in [-0.05, 0) is 30.3 Å². The van der Waals surface area contributed by atoms with E-state index in [0.29, 0.717) is 6.07 Å². The molecule has 4 nitrogen and oxygen atoms in total. The molecular weight excluding hydrogens is 359 g/mol. The zero-order chi connectivity index (χ0) is 19.3. The van der Waals surface area contributed by atoms with E-state index in [9.17, 15) is 27.1 Å². The summed E-state index contributed by atoms with van der Waals surface area (Å²) >= 11 is 0. The number of nitrogens with zero attached hydrogens (tertiary/aromatic N) is 1. The predicted molar refractivity (Wildman–Crippen MR) is 82.5 cm³/mol. The minimum Gasteiger partial charge on any atom is -0.491 e. The standard InChI is InChI=1S/C17H13F5N2O2/c18-14-3-2-13(6-15(14)19)26-9-12(25)8-24-16-4-1-11(17(20,21)22)5-10(16)7-23/h1-6,12,24-25H,8-9H2. The number of benzene rings is 2. The lowest BCUT2D eigenvalue weighted by Crippen LogP contribution is -2.26. The van der Waals surface area contributed by atoms with Gasteiger partial charge in [-0.25, -0.2) is 8.78 Å². The lowest BCUT2D eigenvalue weighted by Gasteiger charge is -2.15. The molecule has 1 atom stereocenters. The van der Waals surface area contributed by atoms with Gasteiger partial charge in [0.05, 0.1) is 16.8 Å². The number of nitriles is 1. The van der Waals surface area contributed by atoms with Crippen molar-refractivity contribution in [1.29, 1.82) is 5.26 Å². The molecule has 1 unspecified atom stereocenters. The Kier molecular flexibility index (Phi) is 6.00. The van der Waals surface area contributed by atoms with Gasteiger partial charge in [0.25, 0.3) is 0 Å². The average molecular weight is 372 g/mol. The summed E-state index contributed by atoms with van der Waals surface area (Å²) in [7, 11) is 0. The van der Waals surface area contributed by atoms with Gasteiger partial charge < -0.3 is 15.2 Å². The SMILES string of the molecule is N#Cc1cc(C(F)(F)F)ccc1NCC(O)COc1ccc(F)c(F)c1. The van der Waals surface area contributed by atoms with Gasteiger partial charge in [-0.2, -0.15) is 18.4 Å². The van der Waals surface area contributed by atoms with E-state index in [4.69, 9.17) is 10.00 Å². The molecule has 2 rings (SSSR count). The van der Waals surface area contributed by atoms with E-state index < -0.39 is 29.5 Å². The number of hydrogen-bond donors (Lipinski definition) is 2. The second kappa shape index (κ2) is 8.01. The summed E-state index contributed by atoms with van der Waals surface area (Å²) in [5, 5.41) is 21.4. The van der Waals surface area contributed by atoms with Gasteiger partial charge in [-0.1, -0.05) is 0 Å². The van der Waals surface area contributed by atoms with Crippen molar-refractivity contribution in [1.82, 2.24) is 0 Å². The van der Waals surface area contributed by atoms with Crippen LogP contribution < -0.4 is 10.1 Å². The van der Waals surface area contributed by atoms with Crippen molar-refractivity contribution >= 4 is 5.69 Å². The van der Waals surface area contributed by atoms with Gasteiger partial charge in [0, 0.05) is 12.6 Å². The minimum atomic E-state index is -4.57. The van der Waals surface area contributed by atoms with Crippen LogP contribution >= 0.6 is 0 Å². The maximum atomic E-state index is 13.0. The van der Waals surface area contributed by atoms with Gasteiger partial charge in [-0.15, -0.1) is 0 Å². The topological polar surface area (TPSA) is 65.3 Å². The molecule has 0 amide bonds. The molecule has 0 saturated carbocycles. The number of alkyl halides is 3. The molecule has 0 heterocycles. The first kappa shape index (κ1) is 19.5. The van der Waals surface area contributed by atoms with Gasteiger partial charge in [-0.3, -0.25) is 0 Å². The molecule has 0 bridgehead atoms. The molecule has 0 radical (unpaired) electrons. The highest BCUT2D eigenvalue weighted by atomic mass is 19.4. The average Bonchev–Trinajstić information content (AvgIpc) is 2.59. The number of rotatable bonds is 6. The number of anilines is 1. The van der Waals surface area contributed by atoms with E-state index >= 15 is 0 Å². The van der Waals surface area contributed by atoms with Crippen molar-refractivity contribution in [2.45, 2.75) is 12.3 Å². The Bertz CT molecular complexity index is 818. The van der Waals surface area contributed by atoms with Gasteiger partial charge in [0.1, 0.15) is 24.5 Å². The van der Waals surface area contributed by atoms with Crippen molar-refractivity contribution in [3.63, 3.8) is 0 Å². The molecular formula is C17H13F5N2O2. The van der Waals surface area contributed by atoms with Crippen LogP contribution in [0.5, 0.6) is 5.75 Å². The molecule has 0 saturated heterocycles. The Hall–Kier alpha value is -2.86. The third-order valence-electron chi connectivity index (χ3n) is 3.33. The van der Waals surface area contributed by atoms with Crippen LogP contribution in [0.4, 0.5) is 27.6 Å². The Morgan fingerprint density at radius 3 is 2.46 bits per heavy atom. The summed E-state index contributed by atoms with van der Waals surface area (Å²) < 4.78 is 68.8. The van der Waals surface area contributed by atoms with E-state index in [1.54, 1.807) is 6.07 Å². The van der Waals surface area contributed by atoms with Crippen molar-refractivity contribution < 1.29 is 31.8 Å². The van der Waals surface area contributed by atoms with Crippen molar-refractivity contribution in [2.24, 2.45) is 0 Å². The molecule has 26 heavy (non-hydrogen) atoms. The van der Waals surface area contributed by atoms with Crippen LogP contribution in [0.15, 0.2) is 36.4 Å². The Balaban J connectivity index is 1.93. The number of aliphatic hydroxyl groups excluding tert-OH is 1. The fourth-order valence-electron chi connectivity index (χ4n) is 2.01. The summed E-state index contributed by atoms with van der Waals surface area (Å²) in [6.07, 6.45) is -5.68. The first-order valence-corrected chi connectivity index (χ1v) is 7.32. The normalized spacial score (nSPS) is 12.3. The minimum absolute atomic E-state index is 0.00944. The lowest BCUT2D eigenvalue weighted by atomic mass is 10.1. The molecule has 0 aromatic heterocycles. The van der Waals surface area contributed by atoms with E-state index in [1.807, 2.05) is 0 Å². The van der Waals surface area contributed by atoms with Crippen LogP contribution in [0.1, 0.15) is 11.1 Å². The summed E-state index contributed by atoms with van der Waals surface area (Å²) in [5.74, 6) is -2.13. The predicted octanol–water partition coefficient (Wildman–Crippen LogP) is 3.71. The van der Waals surface area contributed by atoms with Crippen LogP contribution in [0.3, 0.4) is 0 Å². The van der Waals surface area contributed by atoms with E-state index in [-0.39, 0.29) is 30.2 Å². The molecule has 9 heteroatoms. The highest BCUT2D eigenvalue weighted by molar-refractivity contribution is 5.59. The third-order valence-corrected chi connectivity index (χ3v) is 3.33. The zero-order valence-electron chi connectivity index (χ0n) is 13.1. The number of hydrogen-bond acceptors (Lipinski definition) is 4. The first-order valence-electron chi connectivity index (χ1n) is 7.32. The lowest BCUT2D eigenvalue weighted by molar-refractivity contribution is -0.137. The van der Waals surface area contributed by atoms with E-state index in [2.05, 4.69) is 5.32 Å². The highest BCUT2D eigenvalue weighted by Gasteiger charge is 2.31. The van der Waals surface area contributed by atoms with Crippen LogP contribution in [-0.4, -0.2) is 24.4 Å². The molecule has 0 fully saturated rings. The third kappa shape index (κ3) is 5.07. The monoisotopic (exact) mass is 372 g/mol. The van der Waals surface area contributed by atoms with Gasteiger partial charge in [0.15, 0.2) is 11.6 Å². The Labute approximate surface area is 145 Å². The van der Waals surface area contributed by atoms with E-state index in [1.165, 1.54) is 6.07 Å². The second-order valence-corrected chi connectivity index (χ2v) is 5.29. The van der Waals surface area contributed by atoms with Crippen LogP contribution in [0, 0.1) is 23.0 Å². The number of halogens is 5. The fourth-order valence-corrected chi connectivity index (χ4v) is 2.01. The van der Waals surface area contributed by atoms with Gasteiger partial charge in [0.2, 0.25) is 0 Å². The molecule has 0 aliphatic carbocycles. The molecule has 2 aromatic carbocycles. The molecule has 0 aliphatic heterocycles. The first-order chi connectivity index (χ1) is 12.2. The van der Waals surface area contributed by atoms with Crippen molar-refractivity contribution in [2.75, 3.05) is 18.5 Å². The largest absolute Gasteiger partial charge is 0.491 e. The Morgan fingerprint density at radius 1 is 1.12 bits per heavy atom. The smallest absolute Gasteiger partial charge is 0.416 e. The van der Waals surface area contributed by atoms with Crippen molar-refractivity contribution in [3.05, 3.63) is 59.2 Å². The van der Waals surface area contributed by atoms with Crippen LogP contribution in [0.2, 0.25) is 0 Å².